The van der Waals surface area contributed by atoms with Crippen molar-refractivity contribution in [2.75, 3.05) is 6.54 Å². The molecule has 2 heteroatoms. The quantitative estimate of drug-likeness (QED) is 0.793. The molecule has 1 saturated heterocycles. The van der Waals surface area contributed by atoms with Crippen molar-refractivity contribution in [3.8, 4) is 6.07 Å². The highest BCUT2D eigenvalue weighted by Gasteiger charge is 2.22. The van der Waals surface area contributed by atoms with Crippen LogP contribution in [0.4, 0.5) is 0 Å². The second-order valence-electron chi connectivity index (χ2n) is 5.70. The Morgan fingerprint density at radius 3 is 2.78 bits per heavy atom. The molecule has 0 radical (unpaired) electrons. The molecule has 1 aliphatic rings. The Balaban J connectivity index is 2.08. The summed E-state index contributed by atoms with van der Waals surface area (Å²) in [5, 5.41) is 8.89. The molecule has 2 unspecified atom stereocenters. The number of hydrogen-bond donors (Lipinski definition) is 0. The van der Waals surface area contributed by atoms with Crippen LogP contribution in [0.2, 0.25) is 0 Å². The molecule has 2 atom stereocenters. The molecule has 0 aliphatic carbocycles. The summed E-state index contributed by atoms with van der Waals surface area (Å²) in [5.41, 5.74) is 3.35. The van der Waals surface area contributed by atoms with E-state index in [0.717, 1.165) is 18.0 Å². The molecule has 1 fully saturated rings. The number of piperidine rings is 1. The highest BCUT2D eigenvalue weighted by Crippen LogP contribution is 2.24. The van der Waals surface area contributed by atoms with E-state index in [0.29, 0.717) is 6.04 Å². The van der Waals surface area contributed by atoms with Gasteiger partial charge in [-0.1, -0.05) is 13.0 Å². The molecule has 0 saturated carbocycles. The minimum absolute atomic E-state index is 0.670. The summed E-state index contributed by atoms with van der Waals surface area (Å²) in [6.45, 7) is 9.00. The molecule has 0 aromatic heterocycles. The van der Waals surface area contributed by atoms with Crippen LogP contribution in [-0.2, 0) is 6.54 Å². The third-order valence-corrected chi connectivity index (χ3v) is 4.12. The van der Waals surface area contributed by atoms with E-state index in [4.69, 9.17) is 5.26 Å². The van der Waals surface area contributed by atoms with Gasteiger partial charge < -0.3 is 0 Å². The predicted molar refractivity (Wildman–Crippen MR) is 74.2 cm³/mol. The van der Waals surface area contributed by atoms with Crippen LogP contribution in [0.3, 0.4) is 0 Å². The first-order valence-corrected chi connectivity index (χ1v) is 6.84. The van der Waals surface area contributed by atoms with Gasteiger partial charge in [0, 0.05) is 12.6 Å². The van der Waals surface area contributed by atoms with Gasteiger partial charge in [0.15, 0.2) is 0 Å². The summed E-state index contributed by atoms with van der Waals surface area (Å²) < 4.78 is 0. The van der Waals surface area contributed by atoms with Crippen LogP contribution >= 0.6 is 0 Å². The molecule has 0 bridgehead atoms. The predicted octanol–water partition coefficient (Wildman–Crippen LogP) is 3.49. The molecule has 96 valence electrons. The van der Waals surface area contributed by atoms with Crippen molar-refractivity contribution in [3.05, 3.63) is 34.9 Å². The third-order valence-electron chi connectivity index (χ3n) is 4.12. The van der Waals surface area contributed by atoms with Gasteiger partial charge in [-0.05, 0) is 62.4 Å². The number of hydrogen-bond acceptors (Lipinski definition) is 2. The topological polar surface area (TPSA) is 27.0 Å². The third kappa shape index (κ3) is 2.91. The van der Waals surface area contributed by atoms with E-state index in [1.807, 2.05) is 12.1 Å². The van der Waals surface area contributed by atoms with E-state index in [1.165, 1.54) is 30.5 Å². The zero-order chi connectivity index (χ0) is 13.1. The highest BCUT2D eigenvalue weighted by molar-refractivity contribution is 5.37. The second kappa shape index (κ2) is 5.54. The van der Waals surface area contributed by atoms with Gasteiger partial charge >= 0.3 is 0 Å². The maximum absolute atomic E-state index is 8.89. The van der Waals surface area contributed by atoms with Crippen LogP contribution in [0.5, 0.6) is 0 Å². The molecular weight excluding hydrogens is 220 g/mol. The molecule has 0 spiro atoms. The van der Waals surface area contributed by atoms with Crippen LogP contribution in [0, 0.1) is 24.2 Å². The largest absolute Gasteiger partial charge is 0.296 e. The molecule has 1 aromatic carbocycles. The van der Waals surface area contributed by atoms with E-state index < -0.39 is 0 Å². The zero-order valence-electron chi connectivity index (χ0n) is 11.6. The molecule has 18 heavy (non-hydrogen) atoms. The molecule has 1 aliphatic heterocycles. The summed E-state index contributed by atoms with van der Waals surface area (Å²) in [7, 11) is 0. The van der Waals surface area contributed by atoms with Crippen molar-refractivity contribution in [2.24, 2.45) is 5.92 Å². The van der Waals surface area contributed by atoms with E-state index >= 15 is 0 Å². The molecule has 2 nitrogen and oxygen atoms in total. The van der Waals surface area contributed by atoms with Crippen LogP contribution < -0.4 is 0 Å². The summed E-state index contributed by atoms with van der Waals surface area (Å²) in [4.78, 5) is 2.56. The lowest BCUT2D eigenvalue weighted by Crippen LogP contribution is -2.39. The van der Waals surface area contributed by atoms with Gasteiger partial charge in [-0.2, -0.15) is 5.26 Å². The van der Waals surface area contributed by atoms with Gasteiger partial charge in [0.05, 0.1) is 11.6 Å². The number of aryl methyl sites for hydroxylation is 1. The van der Waals surface area contributed by atoms with Crippen molar-refractivity contribution in [1.82, 2.24) is 4.90 Å². The smallest absolute Gasteiger partial charge is 0.0991 e. The number of benzene rings is 1. The fraction of sp³-hybridized carbons (Fsp3) is 0.562. The summed E-state index contributed by atoms with van der Waals surface area (Å²) in [5.74, 6) is 0.860. The lowest BCUT2D eigenvalue weighted by atomic mass is 9.92. The molecule has 0 N–H and O–H groups in total. The first-order chi connectivity index (χ1) is 8.60. The average molecular weight is 242 g/mol. The molecule has 2 rings (SSSR count). The molecule has 1 heterocycles. The fourth-order valence-corrected chi connectivity index (χ4v) is 2.85. The van der Waals surface area contributed by atoms with Gasteiger partial charge in [0.25, 0.3) is 0 Å². The summed E-state index contributed by atoms with van der Waals surface area (Å²) in [6, 6.07) is 8.90. The molecular formula is C16H22N2. The fourth-order valence-electron chi connectivity index (χ4n) is 2.85. The Kier molecular flexibility index (Phi) is 4.04. The van der Waals surface area contributed by atoms with Crippen LogP contribution in [0.25, 0.3) is 0 Å². The Morgan fingerprint density at radius 2 is 2.17 bits per heavy atom. The van der Waals surface area contributed by atoms with E-state index in [-0.39, 0.29) is 0 Å². The lowest BCUT2D eigenvalue weighted by molar-refractivity contribution is 0.122. The number of likely N-dealkylation sites (tertiary alicyclic amines) is 1. The zero-order valence-corrected chi connectivity index (χ0v) is 11.6. The second-order valence-corrected chi connectivity index (χ2v) is 5.70. The minimum Gasteiger partial charge on any atom is -0.296 e. The summed E-state index contributed by atoms with van der Waals surface area (Å²) >= 11 is 0. The van der Waals surface area contributed by atoms with Gasteiger partial charge in [-0.25, -0.2) is 0 Å². The van der Waals surface area contributed by atoms with Crippen molar-refractivity contribution >= 4 is 0 Å². The van der Waals surface area contributed by atoms with E-state index in [9.17, 15) is 0 Å². The van der Waals surface area contributed by atoms with Crippen molar-refractivity contribution in [3.63, 3.8) is 0 Å². The molecule has 0 amide bonds. The Morgan fingerprint density at radius 1 is 1.39 bits per heavy atom. The number of nitriles is 1. The van der Waals surface area contributed by atoms with Gasteiger partial charge in [0.2, 0.25) is 0 Å². The lowest BCUT2D eigenvalue weighted by Gasteiger charge is -2.36. The maximum atomic E-state index is 8.89. The van der Waals surface area contributed by atoms with Crippen LogP contribution in [-0.4, -0.2) is 17.5 Å². The van der Waals surface area contributed by atoms with Gasteiger partial charge in [-0.15, -0.1) is 0 Å². The van der Waals surface area contributed by atoms with Crippen molar-refractivity contribution < 1.29 is 0 Å². The van der Waals surface area contributed by atoms with Crippen molar-refractivity contribution in [1.29, 1.82) is 5.26 Å². The Labute approximate surface area is 110 Å². The van der Waals surface area contributed by atoms with Gasteiger partial charge in [0.1, 0.15) is 0 Å². The maximum Gasteiger partial charge on any atom is 0.0991 e. The van der Waals surface area contributed by atoms with Crippen LogP contribution in [0.1, 0.15) is 43.4 Å². The monoisotopic (exact) mass is 242 g/mol. The van der Waals surface area contributed by atoms with Gasteiger partial charge in [-0.3, -0.25) is 4.90 Å². The Hall–Kier alpha value is -1.33. The molecule has 1 aromatic rings. The standard InChI is InChI=1S/C16H22N2/c1-12-6-7-18(14(3)8-12)11-16-5-4-15(10-17)9-13(16)2/h4-5,9,12,14H,6-8,11H2,1-3H3. The normalized spacial score (nSPS) is 24.8. The number of nitrogens with zero attached hydrogens (tertiary/aromatic N) is 2. The Bertz CT molecular complexity index is 459. The van der Waals surface area contributed by atoms with E-state index in [1.54, 1.807) is 0 Å². The van der Waals surface area contributed by atoms with E-state index in [2.05, 4.69) is 37.8 Å². The SMILES string of the molecule is Cc1cc(C#N)ccc1CN1CCC(C)CC1C. The highest BCUT2D eigenvalue weighted by atomic mass is 15.2. The minimum atomic E-state index is 0.670. The number of rotatable bonds is 2. The van der Waals surface area contributed by atoms with Crippen LogP contribution in [0.15, 0.2) is 18.2 Å². The summed E-state index contributed by atoms with van der Waals surface area (Å²) in [6.07, 6.45) is 2.61. The average Bonchev–Trinajstić information content (AvgIpc) is 2.34. The first-order valence-electron chi connectivity index (χ1n) is 6.84. The first kappa shape index (κ1) is 13.1. The van der Waals surface area contributed by atoms with Crippen molar-refractivity contribution in [2.45, 2.75) is 46.2 Å².